The summed E-state index contributed by atoms with van der Waals surface area (Å²) in [6.45, 7) is 13.2. The van der Waals surface area contributed by atoms with Gasteiger partial charge in [0.2, 0.25) is 5.95 Å². The van der Waals surface area contributed by atoms with Crippen LogP contribution >= 0.6 is 0 Å². The van der Waals surface area contributed by atoms with Gasteiger partial charge in [0.05, 0.1) is 33.1 Å². The highest BCUT2D eigenvalue weighted by Crippen LogP contribution is 2.43. The quantitative estimate of drug-likeness (QED) is 0.174. The minimum Gasteiger partial charge on any atom is -0.456 e. The fourth-order valence-electron chi connectivity index (χ4n) is 10.7. The summed E-state index contributed by atoms with van der Waals surface area (Å²) in [7, 11) is 0. The van der Waals surface area contributed by atoms with Crippen molar-refractivity contribution in [2.24, 2.45) is 0 Å². The van der Waals surface area contributed by atoms with E-state index >= 15 is 0 Å². The highest BCUT2D eigenvalue weighted by Gasteiger charge is 2.23. The normalized spacial score (nSPS) is 12.0. The predicted octanol–water partition coefficient (Wildman–Crippen LogP) is 14.8. The van der Waals surface area contributed by atoms with Gasteiger partial charge in [0.15, 0.2) is 5.82 Å². The highest BCUT2D eigenvalue weighted by molar-refractivity contribution is 6.24. The van der Waals surface area contributed by atoms with Crippen molar-refractivity contribution in [3.8, 4) is 45.3 Å². The molecule has 63 heavy (non-hydrogen) atoms. The van der Waals surface area contributed by atoms with E-state index in [1.807, 2.05) is 12.1 Å². The maximum Gasteiger partial charge on any atom is 0.238 e. The van der Waals surface area contributed by atoms with E-state index in [-0.39, 0.29) is 0 Å². The van der Waals surface area contributed by atoms with Crippen molar-refractivity contribution >= 4 is 65.6 Å². The Kier molecular flexibility index (Phi) is 8.13. The Labute approximate surface area is 364 Å². The lowest BCUT2D eigenvalue weighted by molar-refractivity contribution is 0.669. The molecule has 12 rings (SSSR count). The Morgan fingerprint density at radius 2 is 1.02 bits per heavy atom. The first kappa shape index (κ1) is 37.0. The molecule has 6 heteroatoms. The number of hydrogen-bond donors (Lipinski definition) is 0. The number of nitrogens with zero attached hydrogens (tertiary/aromatic N) is 5. The maximum atomic E-state index is 6.44. The van der Waals surface area contributed by atoms with Crippen molar-refractivity contribution in [1.29, 1.82) is 0 Å². The van der Waals surface area contributed by atoms with Crippen molar-refractivity contribution in [3.05, 3.63) is 185 Å². The number of furan rings is 1. The summed E-state index contributed by atoms with van der Waals surface area (Å²) in [5.74, 6) is 1.15. The van der Waals surface area contributed by atoms with E-state index in [0.29, 0.717) is 11.8 Å². The van der Waals surface area contributed by atoms with Crippen LogP contribution in [0.5, 0.6) is 0 Å². The number of aromatic nitrogens is 5. The lowest BCUT2D eigenvalue weighted by atomic mass is 9.91. The minimum atomic E-state index is 0.561. The molecule has 0 aliphatic heterocycles. The molecular formula is C57H43N5O. The lowest BCUT2D eigenvalue weighted by Crippen LogP contribution is -2.05. The van der Waals surface area contributed by atoms with Crippen LogP contribution < -0.4 is 0 Å². The van der Waals surface area contributed by atoms with Crippen LogP contribution in [0.2, 0.25) is 0 Å². The van der Waals surface area contributed by atoms with Crippen LogP contribution in [0.3, 0.4) is 0 Å². The summed E-state index contributed by atoms with van der Waals surface area (Å²) in [6, 6.07) is 52.4. The molecule has 0 spiro atoms. The molecule has 4 heterocycles. The molecule has 4 aromatic heterocycles. The number of aryl methyl sites for hydroxylation is 6. The van der Waals surface area contributed by atoms with Gasteiger partial charge in [-0.15, -0.1) is 0 Å². The Morgan fingerprint density at radius 1 is 0.444 bits per heavy atom. The van der Waals surface area contributed by atoms with Crippen molar-refractivity contribution < 1.29 is 4.42 Å². The predicted molar refractivity (Wildman–Crippen MR) is 261 cm³/mol. The molecule has 0 bridgehead atoms. The molecule has 0 fully saturated rings. The molecule has 0 unspecified atom stereocenters. The molecule has 0 aliphatic carbocycles. The van der Waals surface area contributed by atoms with Gasteiger partial charge in [-0.2, -0.15) is 4.98 Å². The summed E-state index contributed by atoms with van der Waals surface area (Å²) in [6.07, 6.45) is 1.65. The molecular weight excluding hydrogens is 771 g/mol. The first-order chi connectivity index (χ1) is 30.7. The summed E-state index contributed by atoms with van der Waals surface area (Å²) in [4.78, 5) is 15.2. The van der Waals surface area contributed by atoms with Crippen LogP contribution in [-0.4, -0.2) is 24.1 Å². The van der Waals surface area contributed by atoms with E-state index in [4.69, 9.17) is 19.4 Å². The van der Waals surface area contributed by atoms with E-state index in [0.717, 1.165) is 71.4 Å². The van der Waals surface area contributed by atoms with Crippen LogP contribution in [-0.2, 0) is 0 Å². The van der Waals surface area contributed by atoms with E-state index in [9.17, 15) is 0 Å². The fraction of sp³-hybridized carbons (Fsp3) is 0.105. The van der Waals surface area contributed by atoms with Crippen molar-refractivity contribution in [3.63, 3.8) is 0 Å². The van der Waals surface area contributed by atoms with E-state index in [2.05, 4.69) is 184 Å². The zero-order valence-corrected chi connectivity index (χ0v) is 36.1. The average molecular weight is 814 g/mol. The third-order valence-electron chi connectivity index (χ3n) is 13.0. The van der Waals surface area contributed by atoms with Gasteiger partial charge in [-0.25, -0.2) is 9.97 Å². The maximum absolute atomic E-state index is 6.44. The summed E-state index contributed by atoms with van der Waals surface area (Å²) >= 11 is 0. The molecule has 0 saturated carbocycles. The second-order valence-corrected chi connectivity index (χ2v) is 17.3. The Balaban J connectivity index is 1.10. The SMILES string of the molecule is Cc1cc(C)c(-c2ccc3c(c2)c2cc(-c4c(C)cc(C)cc4C)ccc2n3-c2ncnc(-c3ccccc3-n3c4ccccc4c4ccc5oc6ccccc6c5c43)n2)c(C)c1. The van der Waals surface area contributed by atoms with Crippen molar-refractivity contribution in [1.82, 2.24) is 24.1 Å². The number of rotatable bonds is 5. The summed E-state index contributed by atoms with van der Waals surface area (Å²) < 4.78 is 11.0. The van der Waals surface area contributed by atoms with Gasteiger partial charge in [-0.1, -0.05) is 96.1 Å². The van der Waals surface area contributed by atoms with Gasteiger partial charge in [0.25, 0.3) is 0 Å². The van der Waals surface area contributed by atoms with Crippen LogP contribution in [0.25, 0.3) is 111 Å². The fourth-order valence-corrected chi connectivity index (χ4v) is 10.7. The van der Waals surface area contributed by atoms with Gasteiger partial charge >= 0.3 is 0 Å². The number of benzene rings is 8. The molecule has 302 valence electrons. The smallest absolute Gasteiger partial charge is 0.238 e. The summed E-state index contributed by atoms with van der Waals surface area (Å²) in [5.41, 5.74) is 20.4. The Morgan fingerprint density at radius 3 is 1.68 bits per heavy atom. The van der Waals surface area contributed by atoms with Crippen LogP contribution in [0.15, 0.2) is 156 Å². The lowest BCUT2D eigenvalue weighted by Gasteiger charge is -2.14. The first-order valence-corrected chi connectivity index (χ1v) is 21.6. The standard InChI is InChI=1S/C57H43N5O/c1-32-25-34(3)52(35(4)26-32)38-19-22-48-44(29-38)45-30-39(53-36(5)27-33(2)28-37(53)6)20-23-49(45)62(48)57-59-31-58-56(60-57)42-14-8-11-17-47(42)61-46-16-10-7-13-40(46)41-21-24-51-54(55(41)61)43-15-9-12-18-50(43)63-51/h7-31H,1-6H3. The van der Waals surface area contributed by atoms with Crippen LogP contribution in [0.1, 0.15) is 33.4 Å². The molecule has 0 amide bonds. The largest absolute Gasteiger partial charge is 0.456 e. The number of hydrogen-bond acceptors (Lipinski definition) is 4. The third-order valence-corrected chi connectivity index (χ3v) is 13.0. The minimum absolute atomic E-state index is 0.561. The molecule has 0 atom stereocenters. The molecule has 0 N–H and O–H groups in total. The zero-order chi connectivity index (χ0) is 42.7. The van der Waals surface area contributed by atoms with E-state index in [1.165, 1.54) is 61.0 Å². The van der Waals surface area contributed by atoms with Crippen LogP contribution in [0.4, 0.5) is 0 Å². The van der Waals surface area contributed by atoms with Gasteiger partial charge in [-0.05, 0) is 147 Å². The summed E-state index contributed by atoms with van der Waals surface area (Å²) in [5, 5.41) is 6.79. The van der Waals surface area contributed by atoms with E-state index < -0.39 is 0 Å². The monoisotopic (exact) mass is 813 g/mol. The molecule has 12 aromatic rings. The Bertz CT molecular complexity index is 3720. The van der Waals surface area contributed by atoms with Gasteiger partial charge in [-0.3, -0.25) is 4.57 Å². The second kappa shape index (κ2) is 13.8. The topological polar surface area (TPSA) is 61.7 Å². The van der Waals surface area contributed by atoms with Crippen molar-refractivity contribution in [2.45, 2.75) is 41.5 Å². The van der Waals surface area contributed by atoms with Gasteiger partial charge in [0, 0.05) is 32.5 Å². The highest BCUT2D eigenvalue weighted by atomic mass is 16.3. The molecule has 0 radical (unpaired) electrons. The average Bonchev–Trinajstić information content (AvgIpc) is 3.93. The number of para-hydroxylation sites is 3. The first-order valence-electron chi connectivity index (χ1n) is 21.6. The van der Waals surface area contributed by atoms with Crippen LogP contribution in [0, 0.1) is 41.5 Å². The number of fused-ring (bicyclic) bond motifs is 10. The van der Waals surface area contributed by atoms with Gasteiger partial charge < -0.3 is 8.98 Å². The Hall–Kier alpha value is -7.83. The third kappa shape index (κ3) is 5.61. The zero-order valence-electron chi connectivity index (χ0n) is 36.1. The van der Waals surface area contributed by atoms with Crippen molar-refractivity contribution in [2.75, 3.05) is 0 Å². The molecule has 0 saturated heterocycles. The molecule has 8 aromatic carbocycles. The second-order valence-electron chi connectivity index (χ2n) is 17.3. The molecule has 6 nitrogen and oxygen atoms in total. The van der Waals surface area contributed by atoms with Gasteiger partial charge in [0.1, 0.15) is 17.5 Å². The molecule has 0 aliphatic rings. The van der Waals surface area contributed by atoms with E-state index in [1.54, 1.807) is 6.33 Å².